The summed E-state index contributed by atoms with van der Waals surface area (Å²) in [6.45, 7) is 6.46. The number of aliphatic imine (C=N–C) groups is 1. The van der Waals surface area contributed by atoms with Gasteiger partial charge in [-0.05, 0) is 46.3 Å². The van der Waals surface area contributed by atoms with E-state index in [1.807, 2.05) is 31.9 Å². The van der Waals surface area contributed by atoms with Crippen molar-refractivity contribution in [2.45, 2.75) is 57.7 Å². The molecule has 0 radical (unpaired) electrons. The van der Waals surface area contributed by atoms with Crippen LogP contribution in [-0.2, 0) is 4.74 Å². The zero-order valence-corrected chi connectivity index (χ0v) is 12.4. The van der Waals surface area contributed by atoms with Crippen LogP contribution in [0.2, 0.25) is 0 Å². The molecule has 4 nitrogen and oxygen atoms in total. The molecular weight excluding hydrogens is 248 g/mol. The van der Waals surface area contributed by atoms with Gasteiger partial charge in [0.15, 0.2) is 0 Å². The van der Waals surface area contributed by atoms with Crippen molar-refractivity contribution in [1.29, 1.82) is 0 Å². The van der Waals surface area contributed by atoms with Crippen LogP contribution in [0.4, 0.5) is 4.79 Å². The van der Waals surface area contributed by atoms with Gasteiger partial charge in [0.2, 0.25) is 0 Å². The molecule has 102 valence electrons. The summed E-state index contributed by atoms with van der Waals surface area (Å²) >= 11 is 1.65. The quantitative estimate of drug-likeness (QED) is 0.679. The Morgan fingerprint density at radius 3 is 2.78 bits per heavy atom. The van der Waals surface area contributed by atoms with Gasteiger partial charge in [-0.15, -0.1) is 11.8 Å². The molecule has 1 amide bonds. The molecule has 2 bridgehead atoms. The van der Waals surface area contributed by atoms with Gasteiger partial charge in [-0.3, -0.25) is 9.89 Å². The smallest absolute Gasteiger partial charge is 0.411 e. The van der Waals surface area contributed by atoms with E-state index >= 15 is 0 Å². The molecule has 1 fully saturated rings. The Bertz CT molecular complexity index is 362. The summed E-state index contributed by atoms with van der Waals surface area (Å²) < 4.78 is 5.53. The van der Waals surface area contributed by atoms with E-state index in [1.165, 1.54) is 6.42 Å². The second kappa shape index (κ2) is 5.11. The number of hydrogen-bond donors (Lipinski definition) is 0. The van der Waals surface area contributed by atoms with Crippen LogP contribution in [0.1, 0.15) is 40.0 Å². The summed E-state index contributed by atoms with van der Waals surface area (Å²) in [7, 11) is 0. The molecule has 0 N–H and O–H groups in total. The van der Waals surface area contributed by atoms with E-state index in [9.17, 15) is 4.79 Å². The Kier molecular flexibility index (Phi) is 3.90. The first-order chi connectivity index (χ1) is 8.42. The normalized spacial score (nSPS) is 27.8. The highest BCUT2D eigenvalue weighted by molar-refractivity contribution is 8.13. The van der Waals surface area contributed by atoms with Gasteiger partial charge in [-0.2, -0.15) is 0 Å². The van der Waals surface area contributed by atoms with Crippen molar-refractivity contribution in [3.63, 3.8) is 0 Å². The fourth-order valence-electron chi connectivity index (χ4n) is 2.59. The maximum atomic E-state index is 12.3. The van der Waals surface area contributed by atoms with Crippen LogP contribution in [0.15, 0.2) is 4.99 Å². The minimum absolute atomic E-state index is 0.141. The Morgan fingerprint density at radius 1 is 1.44 bits per heavy atom. The number of carbonyl (C=O) groups is 1. The first-order valence-corrected chi connectivity index (χ1v) is 7.74. The number of fused-ring (bicyclic) bond motifs is 2. The van der Waals surface area contributed by atoms with Gasteiger partial charge in [0, 0.05) is 0 Å². The average molecular weight is 270 g/mol. The van der Waals surface area contributed by atoms with Crippen molar-refractivity contribution in [3.8, 4) is 0 Å². The maximum absolute atomic E-state index is 12.3. The monoisotopic (exact) mass is 270 g/mol. The van der Waals surface area contributed by atoms with E-state index in [1.54, 1.807) is 11.8 Å². The summed E-state index contributed by atoms with van der Waals surface area (Å²) in [6, 6.07) is 0.372. The van der Waals surface area contributed by atoms with Crippen molar-refractivity contribution in [2.75, 3.05) is 12.8 Å². The fourth-order valence-corrected chi connectivity index (χ4v) is 3.30. The number of rotatable bonds is 0. The van der Waals surface area contributed by atoms with Crippen molar-refractivity contribution >= 4 is 22.9 Å². The molecule has 2 atom stereocenters. The van der Waals surface area contributed by atoms with Gasteiger partial charge < -0.3 is 4.74 Å². The predicted molar refractivity (Wildman–Crippen MR) is 75.3 cm³/mol. The van der Waals surface area contributed by atoms with Crippen LogP contribution in [0.3, 0.4) is 0 Å². The molecule has 2 aliphatic rings. The van der Waals surface area contributed by atoms with E-state index in [2.05, 4.69) is 4.99 Å². The molecule has 2 aliphatic heterocycles. The topological polar surface area (TPSA) is 41.9 Å². The number of thioether (sulfide) groups is 1. The summed E-state index contributed by atoms with van der Waals surface area (Å²) in [5.74, 6) is 0. The zero-order chi connectivity index (χ0) is 13.3. The lowest BCUT2D eigenvalue weighted by Gasteiger charge is -2.44. The lowest BCUT2D eigenvalue weighted by atomic mass is 9.94. The van der Waals surface area contributed by atoms with Crippen molar-refractivity contribution in [1.82, 2.24) is 4.90 Å². The Balaban J connectivity index is 2.17. The second-order valence-electron chi connectivity index (χ2n) is 5.87. The predicted octanol–water partition coefficient (Wildman–Crippen LogP) is 2.92. The molecule has 0 aliphatic carbocycles. The van der Waals surface area contributed by atoms with Crippen LogP contribution in [-0.4, -0.2) is 46.5 Å². The molecule has 0 spiro atoms. The SMILES string of the molecule is CSC1=NC[C@@H]2CCC[C@H]1N2C(=O)OC(C)(C)C. The Labute approximate surface area is 113 Å². The third-order valence-corrected chi connectivity index (χ3v) is 4.12. The number of hydrogen-bond acceptors (Lipinski definition) is 4. The standard InChI is InChI=1S/C13H22N2O2S/c1-13(2,3)17-12(16)15-9-6-5-7-10(15)11(18-4)14-8-9/h9-10H,5-8H2,1-4H3/t9-,10+/m0/s1. The molecule has 1 saturated heterocycles. The molecule has 2 heterocycles. The van der Waals surface area contributed by atoms with Crippen molar-refractivity contribution in [2.24, 2.45) is 4.99 Å². The molecule has 0 aromatic rings. The molecule has 0 unspecified atom stereocenters. The minimum atomic E-state index is -0.431. The van der Waals surface area contributed by atoms with Crippen molar-refractivity contribution < 1.29 is 9.53 Å². The van der Waals surface area contributed by atoms with Gasteiger partial charge in [0.1, 0.15) is 5.60 Å². The third-order valence-electron chi connectivity index (χ3n) is 3.30. The van der Waals surface area contributed by atoms with E-state index in [4.69, 9.17) is 4.74 Å². The highest BCUT2D eigenvalue weighted by Gasteiger charge is 2.41. The van der Waals surface area contributed by atoms with Gasteiger partial charge in [-0.25, -0.2) is 4.79 Å². The van der Waals surface area contributed by atoms with Gasteiger partial charge >= 0.3 is 6.09 Å². The molecule has 0 aromatic carbocycles. The van der Waals surface area contributed by atoms with E-state index < -0.39 is 5.60 Å². The molecule has 2 rings (SSSR count). The molecule has 0 aromatic heterocycles. The van der Waals surface area contributed by atoms with Crippen molar-refractivity contribution in [3.05, 3.63) is 0 Å². The van der Waals surface area contributed by atoms with E-state index in [-0.39, 0.29) is 18.2 Å². The number of ether oxygens (including phenoxy) is 1. The largest absolute Gasteiger partial charge is 0.444 e. The maximum Gasteiger partial charge on any atom is 0.411 e. The van der Waals surface area contributed by atoms with Crippen LogP contribution in [0.5, 0.6) is 0 Å². The van der Waals surface area contributed by atoms with Crippen LogP contribution in [0, 0.1) is 0 Å². The highest BCUT2D eigenvalue weighted by Crippen LogP contribution is 2.31. The van der Waals surface area contributed by atoms with E-state index in [0.717, 1.165) is 24.4 Å². The molecular formula is C13H22N2O2S. The van der Waals surface area contributed by atoms with Gasteiger partial charge in [-0.1, -0.05) is 0 Å². The summed E-state index contributed by atoms with van der Waals surface area (Å²) in [5.41, 5.74) is -0.431. The zero-order valence-electron chi connectivity index (χ0n) is 11.6. The number of nitrogens with zero attached hydrogens (tertiary/aromatic N) is 2. The summed E-state index contributed by atoms with van der Waals surface area (Å²) in [4.78, 5) is 18.8. The van der Waals surface area contributed by atoms with Gasteiger partial charge in [0.05, 0.1) is 23.7 Å². The highest BCUT2D eigenvalue weighted by atomic mass is 32.2. The third kappa shape index (κ3) is 2.82. The average Bonchev–Trinajstić information content (AvgIpc) is 2.26. The minimum Gasteiger partial charge on any atom is -0.444 e. The Morgan fingerprint density at radius 2 is 2.17 bits per heavy atom. The lowest BCUT2D eigenvalue weighted by molar-refractivity contribution is 0.00311. The molecule has 5 heteroatoms. The fraction of sp³-hybridized carbons (Fsp3) is 0.846. The summed E-state index contributed by atoms with van der Waals surface area (Å²) in [5, 5.41) is 1.08. The number of carbonyl (C=O) groups excluding carboxylic acids is 1. The number of piperidine rings is 1. The number of amides is 1. The van der Waals surface area contributed by atoms with Gasteiger partial charge in [0.25, 0.3) is 0 Å². The van der Waals surface area contributed by atoms with E-state index in [0.29, 0.717) is 0 Å². The molecule has 0 saturated carbocycles. The van der Waals surface area contributed by atoms with Crippen LogP contribution >= 0.6 is 11.8 Å². The molecule has 18 heavy (non-hydrogen) atoms. The summed E-state index contributed by atoms with van der Waals surface area (Å²) in [6.07, 6.45) is 5.07. The second-order valence-corrected chi connectivity index (χ2v) is 6.70. The first kappa shape index (κ1) is 13.7. The Hall–Kier alpha value is -0.710. The lowest BCUT2D eigenvalue weighted by Crippen LogP contribution is -2.57. The van der Waals surface area contributed by atoms with Crippen LogP contribution < -0.4 is 0 Å². The first-order valence-electron chi connectivity index (χ1n) is 6.52. The van der Waals surface area contributed by atoms with Crippen LogP contribution in [0.25, 0.3) is 0 Å².